The van der Waals surface area contributed by atoms with Crippen LogP contribution in [0.15, 0.2) is 35.6 Å². The number of hydrogen-bond acceptors (Lipinski definition) is 8. The van der Waals surface area contributed by atoms with E-state index < -0.39 is 15.7 Å². The standard InChI is InChI=1S/C23H26FN5O5S/c1-13(2)33-23(30)28-14-4-5-15(28)9-16(8-14)34-22-18-11-27-29(21(18)25-12-26-22)20-7-6-17(10-19(20)24)35(3,31)32/h6-7,10-16H,4-5,8-9H2,1-3H3. The third-order valence-electron chi connectivity index (χ3n) is 6.42. The maximum atomic E-state index is 14.8. The summed E-state index contributed by atoms with van der Waals surface area (Å²) in [6.45, 7) is 3.67. The monoisotopic (exact) mass is 503 g/mol. The van der Waals surface area contributed by atoms with E-state index in [1.165, 1.54) is 29.3 Å². The summed E-state index contributed by atoms with van der Waals surface area (Å²) in [5.41, 5.74) is 0.397. The second-order valence-electron chi connectivity index (χ2n) is 9.29. The molecule has 2 aliphatic rings. The molecule has 4 heterocycles. The van der Waals surface area contributed by atoms with E-state index in [1.54, 1.807) is 0 Å². The van der Waals surface area contributed by atoms with Crippen LogP contribution in [0.4, 0.5) is 9.18 Å². The lowest BCUT2D eigenvalue weighted by Crippen LogP contribution is -2.49. The predicted molar refractivity (Wildman–Crippen MR) is 124 cm³/mol. The van der Waals surface area contributed by atoms with Gasteiger partial charge in [0.15, 0.2) is 15.5 Å². The van der Waals surface area contributed by atoms with Crippen LogP contribution in [0.5, 0.6) is 5.88 Å². The number of amides is 1. The Morgan fingerprint density at radius 3 is 2.51 bits per heavy atom. The number of halogens is 1. The molecule has 1 aromatic carbocycles. The lowest BCUT2D eigenvalue weighted by Gasteiger charge is -2.38. The van der Waals surface area contributed by atoms with Crippen molar-refractivity contribution in [3.63, 3.8) is 0 Å². The first-order valence-corrected chi connectivity index (χ1v) is 13.3. The van der Waals surface area contributed by atoms with Crippen molar-refractivity contribution in [2.24, 2.45) is 0 Å². The van der Waals surface area contributed by atoms with Crippen molar-refractivity contribution >= 4 is 27.0 Å². The van der Waals surface area contributed by atoms with Crippen LogP contribution in [0.2, 0.25) is 0 Å². The van der Waals surface area contributed by atoms with Gasteiger partial charge in [-0.15, -0.1) is 0 Å². The smallest absolute Gasteiger partial charge is 0.410 e. The molecule has 35 heavy (non-hydrogen) atoms. The molecular formula is C23H26FN5O5S. The minimum atomic E-state index is -3.54. The number of hydrogen-bond donors (Lipinski definition) is 0. The van der Waals surface area contributed by atoms with Crippen LogP contribution in [0.25, 0.3) is 16.7 Å². The van der Waals surface area contributed by atoms with Gasteiger partial charge >= 0.3 is 6.09 Å². The summed E-state index contributed by atoms with van der Waals surface area (Å²) in [5, 5.41) is 4.76. The number of sulfone groups is 1. The first-order valence-electron chi connectivity index (χ1n) is 11.5. The molecule has 5 rings (SSSR count). The fourth-order valence-corrected chi connectivity index (χ4v) is 5.56. The topological polar surface area (TPSA) is 117 Å². The fraction of sp³-hybridized carbons (Fsp3) is 0.478. The molecule has 2 unspecified atom stereocenters. The minimum Gasteiger partial charge on any atom is -0.474 e. The molecule has 2 atom stereocenters. The average Bonchev–Trinajstić information content (AvgIpc) is 3.32. The summed E-state index contributed by atoms with van der Waals surface area (Å²) in [7, 11) is -3.54. The number of nitrogens with zero attached hydrogens (tertiary/aromatic N) is 5. The van der Waals surface area contributed by atoms with Crippen molar-refractivity contribution in [2.45, 2.75) is 68.7 Å². The van der Waals surface area contributed by atoms with Gasteiger partial charge in [-0.1, -0.05) is 0 Å². The molecule has 2 aliphatic heterocycles. The van der Waals surface area contributed by atoms with Crippen molar-refractivity contribution in [3.8, 4) is 11.6 Å². The molecule has 0 spiro atoms. The molecule has 0 N–H and O–H groups in total. The van der Waals surface area contributed by atoms with Crippen LogP contribution < -0.4 is 4.74 Å². The highest BCUT2D eigenvalue weighted by molar-refractivity contribution is 7.90. The summed E-state index contributed by atoms with van der Waals surface area (Å²) in [6.07, 6.45) is 6.36. The largest absolute Gasteiger partial charge is 0.474 e. The van der Waals surface area contributed by atoms with Gasteiger partial charge in [-0.2, -0.15) is 5.10 Å². The average molecular weight is 504 g/mol. The van der Waals surface area contributed by atoms with Gasteiger partial charge in [-0.25, -0.2) is 32.3 Å². The lowest BCUT2D eigenvalue weighted by molar-refractivity contribution is 0.0212. The van der Waals surface area contributed by atoms with Crippen LogP contribution in [0, 0.1) is 5.82 Å². The number of ether oxygens (including phenoxy) is 2. The number of carbonyl (C=O) groups is 1. The van der Waals surface area contributed by atoms with E-state index in [0.717, 1.165) is 25.2 Å². The van der Waals surface area contributed by atoms with Crippen molar-refractivity contribution in [2.75, 3.05) is 6.26 Å². The maximum Gasteiger partial charge on any atom is 0.410 e. The van der Waals surface area contributed by atoms with E-state index in [1.807, 2.05) is 18.7 Å². The Hall–Kier alpha value is -3.28. The Labute approximate surface area is 202 Å². The Morgan fingerprint density at radius 1 is 1.17 bits per heavy atom. The number of aromatic nitrogens is 4. The number of rotatable bonds is 5. The van der Waals surface area contributed by atoms with E-state index in [2.05, 4.69) is 15.1 Å². The second-order valence-corrected chi connectivity index (χ2v) is 11.3. The number of fused-ring (bicyclic) bond motifs is 3. The van der Waals surface area contributed by atoms with Crippen LogP contribution in [-0.2, 0) is 14.6 Å². The molecule has 12 heteroatoms. The van der Waals surface area contributed by atoms with E-state index >= 15 is 0 Å². The Bertz CT molecular complexity index is 1380. The zero-order valence-electron chi connectivity index (χ0n) is 19.6. The summed E-state index contributed by atoms with van der Waals surface area (Å²) in [6, 6.07) is 3.74. The van der Waals surface area contributed by atoms with E-state index in [4.69, 9.17) is 9.47 Å². The summed E-state index contributed by atoms with van der Waals surface area (Å²) < 4.78 is 51.2. The highest BCUT2D eigenvalue weighted by Gasteiger charge is 2.45. The molecule has 0 aliphatic carbocycles. The van der Waals surface area contributed by atoms with Crippen LogP contribution in [0.1, 0.15) is 39.5 Å². The first kappa shape index (κ1) is 23.5. The number of carbonyl (C=O) groups excluding carboxylic acids is 1. The Morgan fingerprint density at radius 2 is 1.89 bits per heavy atom. The number of piperidine rings is 1. The van der Waals surface area contributed by atoms with Crippen LogP contribution in [0.3, 0.4) is 0 Å². The van der Waals surface area contributed by atoms with Gasteiger partial charge < -0.3 is 14.4 Å². The Kier molecular flexibility index (Phi) is 5.86. The van der Waals surface area contributed by atoms with Crippen LogP contribution >= 0.6 is 0 Å². The molecule has 2 aromatic heterocycles. The molecule has 3 aromatic rings. The molecule has 2 saturated heterocycles. The number of benzene rings is 1. The SMILES string of the molecule is CC(C)OC(=O)N1C2CCC1CC(Oc1ncnc3c1cnn3-c1ccc(S(C)(=O)=O)cc1F)C2. The van der Waals surface area contributed by atoms with E-state index in [9.17, 15) is 17.6 Å². The van der Waals surface area contributed by atoms with Gasteiger partial charge in [-0.05, 0) is 44.9 Å². The zero-order valence-corrected chi connectivity index (χ0v) is 20.4. The third-order valence-corrected chi connectivity index (χ3v) is 7.53. The van der Waals surface area contributed by atoms with Gasteiger partial charge in [0.1, 0.15) is 29.3 Å². The summed E-state index contributed by atoms with van der Waals surface area (Å²) in [4.78, 5) is 22.8. The predicted octanol–water partition coefficient (Wildman–Crippen LogP) is 3.28. The van der Waals surface area contributed by atoms with Crippen molar-refractivity contribution in [1.82, 2.24) is 24.6 Å². The Balaban J connectivity index is 1.38. The summed E-state index contributed by atoms with van der Waals surface area (Å²) in [5.74, 6) is -0.409. The minimum absolute atomic E-state index is 0.0486. The fourth-order valence-electron chi connectivity index (χ4n) is 4.92. The molecule has 186 valence electrons. The summed E-state index contributed by atoms with van der Waals surface area (Å²) >= 11 is 0. The van der Waals surface area contributed by atoms with Gasteiger partial charge in [0.25, 0.3) is 0 Å². The normalized spacial score (nSPS) is 22.1. The van der Waals surface area contributed by atoms with Gasteiger partial charge in [0, 0.05) is 31.2 Å². The van der Waals surface area contributed by atoms with E-state index in [-0.39, 0.29) is 41.0 Å². The highest BCUT2D eigenvalue weighted by atomic mass is 32.2. The van der Waals surface area contributed by atoms with Crippen LogP contribution in [-0.4, -0.2) is 69.7 Å². The molecular weight excluding hydrogens is 477 g/mol. The first-order chi connectivity index (χ1) is 16.6. The van der Waals surface area contributed by atoms with Gasteiger partial charge in [0.2, 0.25) is 5.88 Å². The van der Waals surface area contributed by atoms with Crippen molar-refractivity contribution in [1.29, 1.82) is 0 Å². The highest BCUT2D eigenvalue weighted by Crippen LogP contribution is 2.38. The van der Waals surface area contributed by atoms with Gasteiger partial charge in [0.05, 0.1) is 17.2 Å². The van der Waals surface area contributed by atoms with Crippen molar-refractivity contribution < 1.29 is 27.1 Å². The molecule has 10 nitrogen and oxygen atoms in total. The lowest BCUT2D eigenvalue weighted by atomic mass is 10.0. The molecule has 2 fully saturated rings. The van der Waals surface area contributed by atoms with E-state index in [0.29, 0.717) is 29.8 Å². The van der Waals surface area contributed by atoms with Gasteiger partial charge in [-0.3, -0.25) is 0 Å². The van der Waals surface area contributed by atoms with Crippen molar-refractivity contribution in [3.05, 3.63) is 36.5 Å². The maximum absolute atomic E-state index is 14.8. The molecule has 1 amide bonds. The molecule has 2 bridgehead atoms. The second kappa shape index (κ2) is 8.74. The zero-order chi connectivity index (χ0) is 24.9. The third kappa shape index (κ3) is 4.42. The quantitative estimate of drug-likeness (QED) is 0.521. The molecule has 0 saturated carbocycles. The molecule has 0 radical (unpaired) electrons.